The first-order valence-electron chi connectivity index (χ1n) is 5.21. The fourth-order valence-electron chi connectivity index (χ4n) is 1.54. The summed E-state index contributed by atoms with van der Waals surface area (Å²) >= 11 is 0. The Bertz CT molecular complexity index is 255. The first-order chi connectivity index (χ1) is 7.00. The van der Waals surface area contributed by atoms with Crippen molar-refractivity contribution in [2.45, 2.75) is 26.3 Å². The molecule has 0 heterocycles. The minimum Gasteiger partial charge on any atom is -0.480 e. The number of rotatable bonds is 6. The Hall–Kier alpha value is -1.10. The number of aliphatic carboxylic acids is 1. The second kappa shape index (κ2) is 5.11. The molecule has 3 N–H and O–H groups in total. The van der Waals surface area contributed by atoms with Crippen molar-refractivity contribution in [3.63, 3.8) is 0 Å². The van der Waals surface area contributed by atoms with Gasteiger partial charge in [0.2, 0.25) is 5.91 Å². The van der Waals surface area contributed by atoms with E-state index in [0.29, 0.717) is 5.92 Å². The van der Waals surface area contributed by atoms with Gasteiger partial charge in [0, 0.05) is 13.5 Å². The number of hydrogen-bond acceptors (Lipinski definition) is 3. The van der Waals surface area contributed by atoms with Crippen LogP contribution in [0, 0.1) is 11.8 Å². The Balaban J connectivity index is 2.19. The van der Waals surface area contributed by atoms with Gasteiger partial charge in [-0.25, -0.2) is 4.79 Å². The molecule has 0 aromatic rings. The van der Waals surface area contributed by atoms with Crippen LogP contribution in [0.1, 0.15) is 20.3 Å². The van der Waals surface area contributed by atoms with Crippen LogP contribution < -0.4 is 10.6 Å². The van der Waals surface area contributed by atoms with Gasteiger partial charge in [-0.15, -0.1) is 0 Å². The molecule has 5 heteroatoms. The molecule has 0 aromatic carbocycles. The Morgan fingerprint density at radius 3 is 2.53 bits per heavy atom. The average Bonchev–Trinajstić information content (AvgIpc) is 2.79. The molecule has 1 aliphatic carbocycles. The predicted molar refractivity (Wildman–Crippen MR) is 55.4 cm³/mol. The first kappa shape index (κ1) is 12.0. The lowest BCUT2D eigenvalue weighted by molar-refractivity contribution is -0.141. The highest BCUT2D eigenvalue weighted by atomic mass is 16.4. The molecule has 1 fully saturated rings. The van der Waals surface area contributed by atoms with Crippen molar-refractivity contribution in [2.75, 3.05) is 13.1 Å². The monoisotopic (exact) mass is 214 g/mol. The normalized spacial score (nSPS) is 25.7. The van der Waals surface area contributed by atoms with E-state index >= 15 is 0 Å². The maximum atomic E-state index is 10.7. The maximum Gasteiger partial charge on any atom is 0.327 e. The zero-order chi connectivity index (χ0) is 11.4. The van der Waals surface area contributed by atoms with Gasteiger partial charge in [-0.05, 0) is 24.8 Å². The summed E-state index contributed by atoms with van der Waals surface area (Å²) in [6, 6.07) is -0.823. The van der Waals surface area contributed by atoms with E-state index in [1.54, 1.807) is 0 Å². The topological polar surface area (TPSA) is 78.4 Å². The van der Waals surface area contributed by atoms with E-state index in [2.05, 4.69) is 17.6 Å². The van der Waals surface area contributed by atoms with Crippen molar-refractivity contribution >= 4 is 11.9 Å². The zero-order valence-electron chi connectivity index (χ0n) is 9.12. The summed E-state index contributed by atoms with van der Waals surface area (Å²) in [5, 5.41) is 14.3. The summed E-state index contributed by atoms with van der Waals surface area (Å²) in [6.45, 7) is 4.62. The van der Waals surface area contributed by atoms with Crippen LogP contribution in [0.25, 0.3) is 0 Å². The van der Waals surface area contributed by atoms with E-state index in [4.69, 9.17) is 5.11 Å². The molecule has 0 bridgehead atoms. The number of carbonyl (C=O) groups excluding carboxylic acids is 1. The molecule has 1 aliphatic rings. The van der Waals surface area contributed by atoms with Crippen LogP contribution in [-0.4, -0.2) is 36.1 Å². The van der Waals surface area contributed by atoms with Gasteiger partial charge in [-0.3, -0.25) is 4.79 Å². The largest absolute Gasteiger partial charge is 0.480 e. The minimum absolute atomic E-state index is 0.290. The number of carbonyl (C=O) groups is 2. The van der Waals surface area contributed by atoms with E-state index < -0.39 is 12.0 Å². The molecule has 1 saturated carbocycles. The standard InChI is InChI=1S/C10H18N2O3/c1-6-3-8(6)4-11-5-9(10(14)15)12-7(2)13/h6,8-9,11H,3-5H2,1-2H3,(H,12,13)(H,14,15). The van der Waals surface area contributed by atoms with E-state index in [0.717, 1.165) is 12.5 Å². The van der Waals surface area contributed by atoms with Crippen LogP contribution in [-0.2, 0) is 9.59 Å². The molecule has 0 aromatic heterocycles. The third kappa shape index (κ3) is 4.29. The van der Waals surface area contributed by atoms with Gasteiger partial charge in [0.05, 0.1) is 0 Å². The summed E-state index contributed by atoms with van der Waals surface area (Å²) in [4.78, 5) is 21.5. The van der Waals surface area contributed by atoms with E-state index in [-0.39, 0.29) is 12.5 Å². The number of carboxylic acids is 1. The summed E-state index contributed by atoms with van der Waals surface area (Å²) in [5.74, 6) is 0.115. The average molecular weight is 214 g/mol. The van der Waals surface area contributed by atoms with E-state index in [1.807, 2.05) is 0 Å². The number of carboxylic acid groups (broad SMARTS) is 1. The van der Waals surface area contributed by atoms with Gasteiger partial charge < -0.3 is 15.7 Å². The third-order valence-corrected chi connectivity index (χ3v) is 2.71. The molecule has 15 heavy (non-hydrogen) atoms. The van der Waals surface area contributed by atoms with Gasteiger partial charge in [-0.1, -0.05) is 6.92 Å². The van der Waals surface area contributed by atoms with Crippen LogP contribution in [0.2, 0.25) is 0 Å². The van der Waals surface area contributed by atoms with Crippen LogP contribution in [0.15, 0.2) is 0 Å². The molecule has 86 valence electrons. The lowest BCUT2D eigenvalue weighted by Gasteiger charge is -2.13. The molecule has 0 saturated heterocycles. The molecule has 5 nitrogen and oxygen atoms in total. The van der Waals surface area contributed by atoms with Crippen molar-refractivity contribution in [3.8, 4) is 0 Å². The lowest BCUT2D eigenvalue weighted by atomic mass is 10.2. The maximum absolute atomic E-state index is 10.7. The van der Waals surface area contributed by atoms with Gasteiger partial charge >= 0.3 is 5.97 Å². The van der Waals surface area contributed by atoms with Crippen LogP contribution >= 0.6 is 0 Å². The highest BCUT2D eigenvalue weighted by molar-refractivity contribution is 5.82. The Morgan fingerprint density at radius 1 is 1.53 bits per heavy atom. The zero-order valence-corrected chi connectivity index (χ0v) is 9.12. The fraction of sp³-hybridized carbons (Fsp3) is 0.800. The first-order valence-corrected chi connectivity index (χ1v) is 5.21. The summed E-state index contributed by atoms with van der Waals surface area (Å²) in [5.41, 5.74) is 0. The van der Waals surface area contributed by atoms with Gasteiger partial charge in [0.15, 0.2) is 0 Å². The molecule has 0 aliphatic heterocycles. The number of hydrogen-bond donors (Lipinski definition) is 3. The lowest BCUT2D eigenvalue weighted by Crippen LogP contribution is -2.46. The van der Waals surface area contributed by atoms with Gasteiger partial charge in [-0.2, -0.15) is 0 Å². The molecular formula is C10H18N2O3. The molecule has 0 radical (unpaired) electrons. The van der Waals surface area contributed by atoms with Crippen LogP contribution in [0.3, 0.4) is 0 Å². The second-order valence-corrected chi connectivity index (χ2v) is 4.22. The van der Waals surface area contributed by atoms with Crippen molar-refractivity contribution in [1.29, 1.82) is 0 Å². The number of amides is 1. The van der Waals surface area contributed by atoms with Gasteiger partial charge in [0.25, 0.3) is 0 Å². The molecular weight excluding hydrogens is 196 g/mol. The summed E-state index contributed by atoms with van der Waals surface area (Å²) in [7, 11) is 0. The Morgan fingerprint density at radius 2 is 2.13 bits per heavy atom. The van der Waals surface area contributed by atoms with Crippen molar-refractivity contribution < 1.29 is 14.7 Å². The molecule has 1 rings (SSSR count). The Labute approximate surface area is 89.2 Å². The third-order valence-electron chi connectivity index (χ3n) is 2.71. The quantitative estimate of drug-likeness (QED) is 0.573. The highest BCUT2D eigenvalue weighted by Gasteiger charge is 2.32. The minimum atomic E-state index is -0.999. The van der Waals surface area contributed by atoms with Crippen LogP contribution in [0.4, 0.5) is 0 Å². The van der Waals surface area contributed by atoms with Crippen molar-refractivity contribution in [3.05, 3.63) is 0 Å². The molecule has 3 unspecified atom stereocenters. The van der Waals surface area contributed by atoms with Gasteiger partial charge in [0.1, 0.15) is 6.04 Å². The van der Waals surface area contributed by atoms with E-state index in [9.17, 15) is 9.59 Å². The van der Waals surface area contributed by atoms with Crippen molar-refractivity contribution in [2.24, 2.45) is 11.8 Å². The van der Waals surface area contributed by atoms with Crippen molar-refractivity contribution in [1.82, 2.24) is 10.6 Å². The summed E-state index contributed by atoms with van der Waals surface area (Å²) < 4.78 is 0. The molecule has 0 spiro atoms. The SMILES string of the molecule is CC(=O)NC(CNCC1CC1C)C(=O)O. The number of nitrogens with one attached hydrogen (secondary N) is 2. The predicted octanol–water partition coefficient (Wildman–Crippen LogP) is -0.179. The highest BCUT2D eigenvalue weighted by Crippen LogP contribution is 2.36. The Kier molecular flexibility index (Phi) is 4.08. The van der Waals surface area contributed by atoms with Crippen LogP contribution in [0.5, 0.6) is 0 Å². The van der Waals surface area contributed by atoms with E-state index in [1.165, 1.54) is 13.3 Å². The smallest absolute Gasteiger partial charge is 0.327 e. The fourth-order valence-corrected chi connectivity index (χ4v) is 1.54. The second-order valence-electron chi connectivity index (χ2n) is 4.22. The summed E-state index contributed by atoms with van der Waals surface area (Å²) in [6.07, 6.45) is 1.21. The molecule has 3 atom stereocenters. The molecule has 1 amide bonds.